The third-order valence-electron chi connectivity index (χ3n) is 2.94. The average molecular weight is 215 g/mol. The Morgan fingerprint density at radius 1 is 1.73 bits per heavy atom. The Labute approximate surface area is 90.9 Å². The predicted molar refractivity (Wildman–Crippen MR) is 58.0 cm³/mol. The first-order chi connectivity index (χ1) is 7.19. The largest absolute Gasteiger partial charge is 0.377 e. The third-order valence-corrected chi connectivity index (χ3v) is 2.94. The number of amides is 1. The first kappa shape index (κ1) is 12.4. The van der Waals surface area contributed by atoms with Gasteiger partial charge in [-0.1, -0.05) is 6.92 Å². The van der Waals surface area contributed by atoms with E-state index in [1.54, 1.807) is 0 Å². The van der Waals surface area contributed by atoms with E-state index in [0.29, 0.717) is 0 Å². The molecular weight excluding hydrogens is 194 g/mol. The molecule has 0 saturated carbocycles. The van der Waals surface area contributed by atoms with Gasteiger partial charge in [-0.05, 0) is 26.3 Å². The van der Waals surface area contributed by atoms with Crippen LogP contribution in [0.1, 0.15) is 26.7 Å². The molecule has 1 amide bonds. The number of hydrogen-bond acceptors (Lipinski definition) is 4. The van der Waals surface area contributed by atoms with Gasteiger partial charge in [0, 0.05) is 13.2 Å². The zero-order valence-corrected chi connectivity index (χ0v) is 9.53. The fourth-order valence-electron chi connectivity index (χ4n) is 1.90. The van der Waals surface area contributed by atoms with E-state index in [4.69, 9.17) is 10.6 Å². The van der Waals surface area contributed by atoms with Crippen molar-refractivity contribution in [2.45, 2.75) is 38.8 Å². The highest BCUT2D eigenvalue weighted by molar-refractivity contribution is 5.80. The molecule has 0 aromatic heterocycles. The van der Waals surface area contributed by atoms with Gasteiger partial charge in [0.1, 0.15) is 0 Å². The molecular formula is C10H21N3O2. The maximum absolute atomic E-state index is 11.4. The number of carbonyl (C=O) groups excluding carboxylic acids is 1. The molecule has 0 aliphatic carbocycles. The normalized spacial score (nSPS) is 23.1. The molecule has 1 rings (SSSR count). The van der Waals surface area contributed by atoms with E-state index in [0.717, 1.165) is 32.5 Å². The zero-order chi connectivity index (χ0) is 11.3. The molecule has 0 aromatic carbocycles. The van der Waals surface area contributed by atoms with Crippen LogP contribution in [0.4, 0.5) is 0 Å². The van der Waals surface area contributed by atoms with Crippen LogP contribution in [0.3, 0.4) is 0 Å². The molecule has 88 valence electrons. The monoisotopic (exact) mass is 215 g/mol. The van der Waals surface area contributed by atoms with Gasteiger partial charge in [-0.15, -0.1) is 0 Å². The Morgan fingerprint density at radius 3 is 2.93 bits per heavy atom. The van der Waals surface area contributed by atoms with Crippen LogP contribution < -0.4 is 11.3 Å². The standard InChI is InChI=1S/C10H21N3O2/c1-3-13(8(2)10(14)12-11)7-9-5-4-6-15-9/h8-9H,3-7,11H2,1-2H3,(H,12,14). The zero-order valence-electron chi connectivity index (χ0n) is 9.53. The summed E-state index contributed by atoms with van der Waals surface area (Å²) in [6, 6.07) is -0.191. The Balaban J connectivity index is 2.42. The van der Waals surface area contributed by atoms with E-state index in [9.17, 15) is 4.79 Å². The fraction of sp³-hybridized carbons (Fsp3) is 0.900. The molecule has 1 aliphatic rings. The molecule has 1 fully saturated rings. The lowest BCUT2D eigenvalue weighted by Gasteiger charge is -2.28. The number of nitrogens with zero attached hydrogens (tertiary/aromatic N) is 1. The van der Waals surface area contributed by atoms with Gasteiger partial charge in [0.25, 0.3) is 5.91 Å². The highest BCUT2D eigenvalue weighted by atomic mass is 16.5. The summed E-state index contributed by atoms with van der Waals surface area (Å²) in [6.07, 6.45) is 2.49. The number of hydrogen-bond donors (Lipinski definition) is 2. The molecule has 1 saturated heterocycles. The Hall–Kier alpha value is -0.650. The van der Waals surface area contributed by atoms with Gasteiger partial charge in [0.05, 0.1) is 12.1 Å². The Morgan fingerprint density at radius 2 is 2.47 bits per heavy atom. The summed E-state index contributed by atoms with van der Waals surface area (Å²) < 4.78 is 5.54. The molecule has 3 N–H and O–H groups in total. The minimum Gasteiger partial charge on any atom is -0.377 e. The maximum Gasteiger partial charge on any atom is 0.250 e. The quantitative estimate of drug-likeness (QED) is 0.381. The van der Waals surface area contributed by atoms with E-state index in [1.807, 2.05) is 13.8 Å². The van der Waals surface area contributed by atoms with E-state index in [2.05, 4.69) is 10.3 Å². The lowest BCUT2D eigenvalue weighted by atomic mass is 10.2. The topological polar surface area (TPSA) is 67.6 Å². The summed E-state index contributed by atoms with van der Waals surface area (Å²) in [5.41, 5.74) is 2.18. The van der Waals surface area contributed by atoms with Crippen molar-refractivity contribution in [2.75, 3.05) is 19.7 Å². The number of hydrazine groups is 1. The number of nitrogens with two attached hydrogens (primary N) is 1. The summed E-state index contributed by atoms with van der Waals surface area (Å²) in [7, 11) is 0. The Bertz CT molecular complexity index is 205. The molecule has 1 aliphatic heterocycles. The van der Waals surface area contributed by atoms with Gasteiger partial charge in [-0.3, -0.25) is 15.1 Å². The van der Waals surface area contributed by atoms with Crippen LogP contribution in [-0.2, 0) is 9.53 Å². The second-order valence-electron chi connectivity index (χ2n) is 3.91. The molecule has 5 nitrogen and oxygen atoms in total. The van der Waals surface area contributed by atoms with Crippen molar-refractivity contribution >= 4 is 5.91 Å². The molecule has 5 heteroatoms. The van der Waals surface area contributed by atoms with Crippen molar-refractivity contribution in [3.05, 3.63) is 0 Å². The van der Waals surface area contributed by atoms with Crippen LogP contribution in [0, 0.1) is 0 Å². The summed E-state index contributed by atoms with van der Waals surface area (Å²) in [4.78, 5) is 13.4. The van der Waals surface area contributed by atoms with Gasteiger partial charge in [-0.25, -0.2) is 5.84 Å². The van der Waals surface area contributed by atoms with Crippen LogP contribution in [0.2, 0.25) is 0 Å². The number of ether oxygens (including phenoxy) is 1. The first-order valence-corrected chi connectivity index (χ1v) is 5.55. The minimum atomic E-state index is -0.191. The summed E-state index contributed by atoms with van der Waals surface area (Å²) in [5, 5.41) is 0. The minimum absolute atomic E-state index is 0.144. The van der Waals surface area contributed by atoms with E-state index in [-0.39, 0.29) is 18.1 Å². The molecule has 1 heterocycles. The van der Waals surface area contributed by atoms with Crippen molar-refractivity contribution < 1.29 is 9.53 Å². The summed E-state index contributed by atoms with van der Waals surface area (Å²) >= 11 is 0. The molecule has 0 aromatic rings. The van der Waals surface area contributed by atoms with Crippen LogP contribution in [0.15, 0.2) is 0 Å². The van der Waals surface area contributed by atoms with Gasteiger partial charge in [0.2, 0.25) is 0 Å². The molecule has 2 atom stereocenters. The van der Waals surface area contributed by atoms with Gasteiger partial charge >= 0.3 is 0 Å². The van der Waals surface area contributed by atoms with Crippen molar-refractivity contribution in [1.82, 2.24) is 10.3 Å². The molecule has 0 spiro atoms. The highest BCUT2D eigenvalue weighted by Gasteiger charge is 2.24. The third kappa shape index (κ3) is 3.44. The number of carbonyl (C=O) groups is 1. The number of rotatable bonds is 5. The van der Waals surface area contributed by atoms with E-state index < -0.39 is 0 Å². The maximum atomic E-state index is 11.4. The van der Waals surface area contributed by atoms with Crippen LogP contribution in [0.25, 0.3) is 0 Å². The first-order valence-electron chi connectivity index (χ1n) is 5.55. The molecule has 15 heavy (non-hydrogen) atoms. The van der Waals surface area contributed by atoms with Crippen LogP contribution in [-0.4, -0.2) is 42.6 Å². The van der Waals surface area contributed by atoms with E-state index >= 15 is 0 Å². The van der Waals surface area contributed by atoms with Crippen molar-refractivity contribution in [1.29, 1.82) is 0 Å². The van der Waals surface area contributed by atoms with Crippen molar-refractivity contribution in [3.63, 3.8) is 0 Å². The van der Waals surface area contributed by atoms with Crippen molar-refractivity contribution in [2.24, 2.45) is 5.84 Å². The average Bonchev–Trinajstić information content (AvgIpc) is 2.76. The number of nitrogens with one attached hydrogen (secondary N) is 1. The highest BCUT2D eigenvalue weighted by Crippen LogP contribution is 2.14. The van der Waals surface area contributed by atoms with Gasteiger partial charge < -0.3 is 4.74 Å². The molecule has 0 radical (unpaired) electrons. The second kappa shape index (κ2) is 6.05. The lowest BCUT2D eigenvalue weighted by molar-refractivity contribution is -0.126. The summed E-state index contributed by atoms with van der Waals surface area (Å²) in [5.74, 6) is 4.97. The number of likely N-dealkylation sites (N-methyl/N-ethyl adjacent to an activating group) is 1. The van der Waals surface area contributed by atoms with Crippen molar-refractivity contribution in [3.8, 4) is 0 Å². The molecule has 0 bridgehead atoms. The van der Waals surface area contributed by atoms with Gasteiger partial charge in [-0.2, -0.15) is 0 Å². The Kier molecular flexibility index (Phi) is 5.01. The van der Waals surface area contributed by atoms with Crippen LogP contribution >= 0.6 is 0 Å². The smallest absolute Gasteiger partial charge is 0.250 e. The summed E-state index contributed by atoms with van der Waals surface area (Å²) in [6.45, 7) is 6.38. The van der Waals surface area contributed by atoms with Crippen LogP contribution in [0.5, 0.6) is 0 Å². The van der Waals surface area contributed by atoms with Gasteiger partial charge in [0.15, 0.2) is 0 Å². The SMILES string of the molecule is CCN(CC1CCCO1)C(C)C(=O)NN. The predicted octanol–water partition coefficient (Wildman–Crippen LogP) is -0.134. The lowest BCUT2D eigenvalue weighted by Crippen LogP contribution is -2.49. The second-order valence-corrected chi connectivity index (χ2v) is 3.91. The fourth-order valence-corrected chi connectivity index (χ4v) is 1.90. The van der Waals surface area contributed by atoms with E-state index in [1.165, 1.54) is 0 Å². The molecule has 2 unspecified atom stereocenters.